The Morgan fingerprint density at radius 3 is 1.55 bits per heavy atom. The number of nitrogens with zero attached hydrogens (tertiary/aromatic N) is 6. The highest BCUT2D eigenvalue weighted by molar-refractivity contribution is 7.47. The number of aliphatic hydroxyl groups excluding tert-OH is 4. The molecule has 0 bridgehead atoms. The van der Waals surface area contributed by atoms with E-state index in [1.807, 2.05) is 0 Å². The zero-order chi connectivity index (χ0) is 45.4. The zero-order valence-corrected chi connectivity index (χ0v) is 35.8. The Bertz CT molecular complexity index is 2140. The summed E-state index contributed by atoms with van der Waals surface area (Å²) >= 11 is 0. The molecule has 6 heterocycles. The third kappa shape index (κ3) is 12.7. The van der Waals surface area contributed by atoms with Crippen LogP contribution in [0.3, 0.4) is 0 Å². The van der Waals surface area contributed by atoms with E-state index < -0.39 is 102 Å². The molecule has 0 aromatic carbocycles. The van der Waals surface area contributed by atoms with Gasteiger partial charge in [0.2, 0.25) is 11.9 Å². The summed E-state index contributed by atoms with van der Waals surface area (Å²) < 4.78 is 62.6. The summed E-state index contributed by atoms with van der Waals surface area (Å²) in [6, 6.07) is 0. The highest BCUT2D eigenvalue weighted by Crippen LogP contribution is 2.45. The first kappa shape index (κ1) is 49.3. The molecular formula is C33H54N10O17P2. The first-order chi connectivity index (χ1) is 29.3. The third-order valence-corrected chi connectivity index (χ3v) is 11.5. The number of aromatic amines is 2. The molecule has 6 rings (SSSR count). The second-order valence-corrected chi connectivity index (χ2v) is 17.6. The van der Waals surface area contributed by atoms with Crippen molar-refractivity contribution in [3.63, 3.8) is 0 Å². The number of rotatable bonds is 21. The van der Waals surface area contributed by atoms with Crippen LogP contribution in [0.25, 0.3) is 22.3 Å². The van der Waals surface area contributed by atoms with Gasteiger partial charge in [-0.05, 0) is 5.92 Å². The van der Waals surface area contributed by atoms with Gasteiger partial charge in [-0.3, -0.25) is 46.8 Å². The molecule has 2 aliphatic heterocycles. The number of ether oxygens (including phenoxy) is 3. The smallest absolute Gasteiger partial charge is 0.387 e. The van der Waals surface area contributed by atoms with Crippen LogP contribution in [0.5, 0.6) is 0 Å². The van der Waals surface area contributed by atoms with Gasteiger partial charge < -0.3 is 55.9 Å². The molecule has 0 saturated carbocycles. The number of nitrogen functional groups attached to an aromatic ring is 2. The number of fused-ring (bicyclic) bond motifs is 2. The van der Waals surface area contributed by atoms with E-state index in [0.717, 1.165) is 27.7 Å². The largest absolute Gasteiger partial charge is 0.472 e. The summed E-state index contributed by atoms with van der Waals surface area (Å²) in [5.41, 5.74) is 9.56. The van der Waals surface area contributed by atoms with Gasteiger partial charge in [-0.15, -0.1) is 0 Å². The van der Waals surface area contributed by atoms with Gasteiger partial charge in [0, 0.05) is 0 Å². The van der Waals surface area contributed by atoms with Crippen LogP contribution in [-0.4, -0.2) is 146 Å². The number of phosphoric acid groups is 2. The van der Waals surface area contributed by atoms with Crippen molar-refractivity contribution in [2.75, 3.05) is 51.1 Å². The second kappa shape index (κ2) is 21.7. The quantitative estimate of drug-likeness (QED) is 0.0374. The van der Waals surface area contributed by atoms with Gasteiger partial charge in [-0.1, -0.05) is 52.9 Å². The molecule has 10 atom stereocenters. The highest BCUT2D eigenvalue weighted by Gasteiger charge is 2.47. The minimum absolute atomic E-state index is 0.0420. The Labute approximate surface area is 352 Å². The van der Waals surface area contributed by atoms with E-state index in [-0.39, 0.29) is 47.4 Å². The molecule has 0 radical (unpaired) electrons. The number of aliphatic hydroxyl groups is 4. The monoisotopic (exact) mass is 924 g/mol. The van der Waals surface area contributed by atoms with Crippen molar-refractivity contribution >= 4 is 49.9 Å². The lowest BCUT2D eigenvalue weighted by molar-refractivity contribution is -0.0526. The molecule has 348 valence electrons. The summed E-state index contributed by atoms with van der Waals surface area (Å²) in [6.07, 6.45) is -2.27. The first-order valence-corrected chi connectivity index (χ1v) is 22.6. The van der Waals surface area contributed by atoms with Crippen molar-refractivity contribution < 1.29 is 71.6 Å². The topological polar surface area (TPSA) is 399 Å². The highest BCUT2D eigenvalue weighted by atomic mass is 31.2. The molecule has 4 unspecified atom stereocenters. The average molecular weight is 925 g/mol. The summed E-state index contributed by atoms with van der Waals surface area (Å²) in [5, 5.41) is 41.9. The molecule has 62 heavy (non-hydrogen) atoms. The maximum absolute atomic E-state index is 12.3. The molecule has 2 saturated heterocycles. The van der Waals surface area contributed by atoms with Crippen molar-refractivity contribution in [2.24, 2.45) is 5.92 Å². The number of imidazole rings is 2. The van der Waals surface area contributed by atoms with Gasteiger partial charge in [-0.2, -0.15) is 9.97 Å². The van der Waals surface area contributed by atoms with Crippen LogP contribution in [0.1, 0.15) is 65.3 Å². The minimum Gasteiger partial charge on any atom is -0.387 e. The molecule has 0 aliphatic carbocycles. The van der Waals surface area contributed by atoms with Crippen molar-refractivity contribution in [1.82, 2.24) is 39.0 Å². The lowest BCUT2D eigenvalue weighted by Crippen LogP contribution is -2.33. The van der Waals surface area contributed by atoms with Crippen LogP contribution in [0, 0.1) is 5.92 Å². The van der Waals surface area contributed by atoms with Crippen LogP contribution < -0.4 is 22.6 Å². The third-order valence-electron chi connectivity index (χ3n) is 9.53. The van der Waals surface area contributed by atoms with E-state index in [1.54, 1.807) is 0 Å². The molecule has 0 amide bonds. The van der Waals surface area contributed by atoms with Crippen molar-refractivity contribution in [1.29, 1.82) is 0 Å². The number of anilines is 2. The average Bonchev–Trinajstić information content (AvgIpc) is 3.96. The van der Waals surface area contributed by atoms with Gasteiger partial charge in [0.25, 0.3) is 11.1 Å². The maximum Gasteiger partial charge on any atom is 0.472 e. The van der Waals surface area contributed by atoms with E-state index in [1.165, 1.54) is 32.1 Å². The summed E-state index contributed by atoms with van der Waals surface area (Å²) in [5.74, 6) is 0.444. The van der Waals surface area contributed by atoms with E-state index in [4.69, 9.17) is 43.8 Å². The fraction of sp³-hybridized carbons (Fsp3) is 0.697. The number of hydrogen-bond acceptors (Lipinski definition) is 21. The molecule has 2 fully saturated rings. The Morgan fingerprint density at radius 2 is 1.15 bits per heavy atom. The number of nitrogens with two attached hydrogens (primary N) is 2. The van der Waals surface area contributed by atoms with Crippen LogP contribution >= 0.6 is 15.6 Å². The van der Waals surface area contributed by atoms with E-state index in [2.05, 4.69) is 50.7 Å². The van der Waals surface area contributed by atoms with Crippen LogP contribution in [0.2, 0.25) is 0 Å². The van der Waals surface area contributed by atoms with E-state index in [0.29, 0.717) is 0 Å². The lowest BCUT2D eigenvalue weighted by Gasteiger charge is -2.18. The second-order valence-electron chi connectivity index (χ2n) is 14.7. The molecule has 29 heteroatoms. The molecule has 2 aliphatic rings. The van der Waals surface area contributed by atoms with Gasteiger partial charge in [-0.25, -0.2) is 19.1 Å². The van der Waals surface area contributed by atoms with Crippen LogP contribution in [-0.2, 0) is 41.4 Å². The minimum atomic E-state index is -4.73. The van der Waals surface area contributed by atoms with Crippen molar-refractivity contribution in [3.8, 4) is 0 Å². The summed E-state index contributed by atoms with van der Waals surface area (Å²) in [7, 11) is -9.47. The molecule has 4 aromatic rings. The number of unbranched alkanes of at least 4 members (excludes halogenated alkanes) is 3. The maximum atomic E-state index is 12.3. The number of nitrogens with one attached hydrogen (secondary N) is 2. The van der Waals surface area contributed by atoms with E-state index in [9.17, 15) is 48.9 Å². The lowest BCUT2D eigenvalue weighted by atomic mass is 10.1. The van der Waals surface area contributed by atoms with Crippen LogP contribution in [0.4, 0.5) is 11.9 Å². The first-order valence-electron chi connectivity index (χ1n) is 19.6. The van der Waals surface area contributed by atoms with Gasteiger partial charge >= 0.3 is 15.6 Å². The molecule has 0 spiro atoms. The summed E-state index contributed by atoms with van der Waals surface area (Å²) in [4.78, 5) is 64.3. The Kier molecular flexibility index (Phi) is 17.3. The van der Waals surface area contributed by atoms with E-state index >= 15 is 0 Å². The standard InChI is InChI=1S/C24H34N10O17P2.C9H20/c25-23-29-17-11(19(39)31-23)27-7-33(17)21-15(37)13(35)9(50-21)5-48-52(41,42)46-3-1-45-2-4-47-53(43,44)49-6-10-14(36)16(38)22(51-10)34-8-28-12-18(34)30-24(26)32-20(12)40;1-4-5-6-7-8-9(2)3/h7-10,13-16,21-22,35-38H,1-6H2,(H,41,42)(H,43,44)(H3,25,29,31,39)(H3,26,30,32,40);9H,4-8H2,1-3H3/t9-,10+,13?,14?,15+,16-,21-,22+;. The van der Waals surface area contributed by atoms with Crippen molar-refractivity contribution in [3.05, 3.63) is 33.4 Å². The number of aromatic nitrogens is 8. The number of hydrogen-bond donors (Lipinski definition) is 10. The Morgan fingerprint density at radius 1 is 0.710 bits per heavy atom. The van der Waals surface area contributed by atoms with Crippen LogP contribution in [0.15, 0.2) is 22.2 Å². The summed E-state index contributed by atoms with van der Waals surface area (Å²) in [6.45, 7) is 3.84. The normalized spacial score (nSPS) is 25.9. The fourth-order valence-corrected chi connectivity index (χ4v) is 7.80. The van der Waals surface area contributed by atoms with Gasteiger partial charge in [0.15, 0.2) is 34.8 Å². The van der Waals surface area contributed by atoms with Gasteiger partial charge in [0.05, 0.1) is 52.3 Å². The predicted molar refractivity (Wildman–Crippen MR) is 215 cm³/mol. The molecule has 27 nitrogen and oxygen atoms in total. The fourth-order valence-electron chi connectivity index (χ4n) is 6.37. The van der Waals surface area contributed by atoms with Crippen molar-refractivity contribution in [2.45, 2.75) is 102 Å². The Balaban J connectivity index is 0.000000725. The zero-order valence-electron chi connectivity index (χ0n) is 34.0. The van der Waals surface area contributed by atoms with Gasteiger partial charge in [0.1, 0.15) is 36.6 Å². The molecule has 12 N–H and O–H groups in total. The SMILES string of the molecule is CCCCCCC(C)C.Nc1nc2c(ncn2[C@@H]2O[C@H](COP(=O)(O)OCCOCCOP(=O)(O)OC[C@@H]3O[C@H](n4cnc5c(=O)[nH]c(N)nc54)[C@H](O)C3O)C(O)[C@@H]2O)c(=O)[nH]1. The molecule has 4 aromatic heterocycles. The molecular weight excluding hydrogens is 870 g/mol. The number of phosphoric ester groups is 2. The predicted octanol–water partition coefficient (Wildman–Crippen LogP) is -0.448. The number of H-pyrrole nitrogens is 2. The Hall–Kier alpha value is -3.76.